The molecule has 0 aliphatic carbocycles. The van der Waals surface area contributed by atoms with E-state index in [2.05, 4.69) is 191 Å². The lowest BCUT2D eigenvalue weighted by atomic mass is 9.82. The summed E-state index contributed by atoms with van der Waals surface area (Å²) in [5.74, 6) is 0.897. The minimum atomic E-state index is -0.171. The second-order valence-corrected chi connectivity index (χ2v) is 19.1. The number of phenolic OH excluding ortho intramolecular Hbond substituents is 1. The first kappa shape index (κ1) is 40.6. The summed E-state index contributed by atoms with van der Waals surface area (Å²) in [5.41, 5.74) is 17.8. The molecule has 7 aromatic carbocycles. The van der Waals surface area contributed by atoms with Crippen molar-refractivity contribution in [3.8, 4) is 72.9 Å². The van der Waals surface area contributed by atoms with E-state index in [-0.39, 0.29) is 16.6 Å². The van der Waals surface area contributed by atoms with Crippen LogP contribution in [-0.2, 0) is 17.9 Å². The SMILES string of the molecule is C=Cn1c2ccccc2c2cc(-c3ccnc(-c4cc(-c5cc(-c6cc(C(C)(C)C)ccc6-c6ccccc6)cc6c5nc(-c5ccccc5O)n6C)cc(C(C)(C)C)c4)c3)ccc21. The van der Waals surface area contributed by atoms with Crippen LogP contribution >= 0.6 is 0 Å². The molecule has 0 bridgehead atoms. The molecule has 0 saturated heterocycles. The molecule has 3 heterocycles. The highest BCUT2D eigenvalue weighted by molar-refractivity contribution is 6.10. The fourth-order valence-corrected chi connectivity index (χ4v) is 9.20. The van der Waals surface area contributed by atoms with Gasteiger partial charge in [0, 0.05) is 41.3 Å². The van der Waals surface area contributed by atoms with Crippen molar-refractivity contribution in [2.75, 3.05) is 0 Å². The summed E-state index contributed by atoms with van der Waals surface area (Å²) in [4.78, 5) is 10.4. The van der Waals surface area contributed by atoms with Crippen LogP contribution in [-0.4, -0.2) is 24.2 Å². The number of hydrogen-bond acceptors (Lipinski definition) is 3. The van der Waals surface area contributed by atoms with Crippen LogP contribution in [0.2, 0.25) is 0 Å². The summed E-state index contributed by atoms with van der Waals surface area (Å²) in [5, 5.41) is 13.5. The zero-order valence-corrected chi connectivity index (χ0v) is 37.6. The zero-order valence-electron chi connectivity index (χ0n) is 37.6. The predicted octanol–water partition coefficient (Wildman–Crippen LogP) is 15.5. The van der Waals surface area contributed by atoms with Crippen LogP contribution in [0.25, 0.3) is 106 Å². The van der Waals surface area contributed by atoms with Crippen molar-refractivity contribution < 1.29 is 5.11 Å². The Bertz CT molecular complexity index is 3450. The lowest BCUT2D eigenvalue weighted by Gasteiger charge is -2.23. The molecule has 0 aliphatic rings. The Morgan fingerprint density at radius 1 is 0.500 bits per heavy atom. The summed E-state index contributed by atoms with van der Waals surface area (Å²) in [6, 6.07) is 56.0. The first-order valence-electron chi connectivity index (χ1n) is 22.0. The monoisotopic (exact) mass is 832 g/mol. The highest BCUT2D eigenvalue weighted by atomic mass is 16.3. The second-order valence-electron chi connectivity index (χ2n) is 19.1. The molecule has 1 N–H and O–H groups in total. The molecule has 0 radical (unpaired) electrons. The number of aromatic hydroxyl groups is 1. The topological polar surface area (TPSA) is 55.9 Å². The van der Waals surface area contributed by atoms with Crippen LogP contribution in [0.15, 0.2) is 171 Å². The average molecular weight is 833 g/mol. The number of phenols is 1. The highest BCUT2D eigenvalue weighted by Crippen LogP contribution is 2.44. The summed E-state index contributed by atoms with van der Waals surface area (Å²) in [6.07, 6.45) is 3.81. The van der Waals surface area contributed by atoms with E-state index in [4.69, 9.17) is 9.97 Å². The van der Waals surface area contributed by atoms with Gasteiger partial charge in [-0.05, 0) is 134 Å². The van der Waals surface area contributed by atoms with E-state index < -0.39 is 0 Å². The van der Waals surface area contributed by atoms with Crippen molar-refractivity contribution in [1.82, 2.24) is 19.1 Å². The number of aryl methyl sites for hydroxylation is 1. The predicted molar refractivity (Wildman–Crippen MR) is 270 cm³/mol. The summed E-state index contributed by atoms with van der Waals surface area (Å²) in [7, 11) is 2.05. The molecule has 0 aliphatic heterocycles. The van der Waals surface area contributed by atoms with Crippen molar-refractivity contribution in [2.45, 2.75) is 52.4 Å². The first-order chi connectivity index (χ1) is 30.8. The van der Waals surface area contributed by atoms with Gasteiger partial charge in [-0.15, -0.1) is 0 Å². The Morgan fingerprint density at radius 2 is 1.19 bits per heavy atom. The maximum Gasteiger partial charge on any atom is 0.144 e. The largest absolute Gasteiger partial charge is 0.507 e. The van der Waals surface area contributed by atoms with Crippen molar-refractivity contribution in [3.05, 3.63) is 182 Å². The van der Waals surface area contributed by atoms with Crippen LogP contribution in [0.1, 0.15) is 52.7 Å². The van der Waals surface area contributed by atoms with Crippen molar-refractivity contribution in [3.63, 3.8) is 0 Å². The minimum absolute atomic E-state index is 0.0604. The molecule has 314 valence electrons. The van der Waals surface area contributed by atoms with Gasteiger partial charge in [0.25, 0.3) is 0 Å². The molecular formula is C59H52N4O. The Hall–Kier alpha value is -7.50. The van der Waals surface area contributed by atoms with Crippen LogP contribution in [0.4, 0.5) is 0 Å². The maximum atomic E-state index is 11.1. The van der Waals surface area contributed by atoms with Gasteiger partial charge in [-0.1, -0.05) is 133 Å². The smallest absolute Gasteiger partial charge is 0.144 e. The molecule has 0 spiro atoms. The zero-order chi connectivity index (χ0) is 44.5. The van der Waals surface area contributed by atoms with Gasteiger partial charge in [-0.3, -0.25) is 4.98 Å². The molecule has 0 fully saturated rings. The average Bonchev–Trinajstić information content (AvgIpc) is 3.81. The van der Waals surface area contributed by atoms with Gasteiger partial charge >= 0.3 is 0 Å². The number of imidazole rings is 1. The normalized spacial score (nSPS) is 12.1. The number of pyridine rings is 1. The van der Waals surface area contributed by atoms with E-state index in [1.807, 2.05) is 37.6 Å². The fraction of sp³-hybridized carbons (Fsp3) is 0.153. The molecule has 5 heteroatoms. The van der Waals surface area contributed by atoms with Gasteiger partial charge in [0.05, 0.1) is 33.3 Å². The number of nitrogens with zero attached hydrogens (tertiary/aromatic N) is 4. The quantitative estimate of drug-likeness (QED) is 0.174. The molecular weight excluding hydrogens is 781 g/mol. The van der Waals surface area contributed by atoms with Crippen LogP contribution in [0.3, 0.4) is 0 Å². The van der Waals surface area contributed by atoms with Crippen molar-refractivity contribution in [1.29, 1.82) is 0 Å². The van der Waals surface area contributed by atoms with Gasteiger partial charge < -0.3 is 14.2 Å². The molecule has 10 rings (SSSR count). The van der Waals surface area contributed by atoms with E-state index in [9.17, 15) is 5.11 Å². The van der Waals surface area contributed by atoms with E-state index in [0.717, 1.165) is 72.3 Å². The number of para-hydroxylation sites is 2. The Labute approximate surface area is 375 Å². The molecule has 0 amide bonds. The lowest BCUT2D eigenvalue weighted by Crippen LogP contribution is -2.11. The molecule has 10 aromatic rings. The summed E-state index contributed by atoms with van der Waals surface area (Å²) < 4.78 is 4.28. The first-order valence-corrected chi connectivity index (χ1v) is 22.0. The number of benzene rings is 7. The van der Waals surface area contributed by atoms with E-state index in [1.165, 1.54) is 27.5 Å². The van der Waals surface area contributed by atoms with E-state index in [1.54, 1.807) is 6.07 Å². The number of aromatic nitrogens is 4. The molecule has 64 heavy (non-hydrogen) atoms. The summed E-state index contributed by atoms with van der Waals surface area (Å²) in [6.45, 7) is 17.7. The van der Waals surface area contributed by atoms with Crippen LogP contribution in [0, 0.1) is 0 Å². The number of hydrogen-bond donors (Lipinski definition) is 1. The van der Waals surface area contributed by atoms with Gasteiger partial charge in [-0.25, -0.2) is 4.98 Å². The van der Waals surface area contributed by atoms with Crippen LogP contribution in [0.5, 0.6) is 5.75 Å². The van der Waals surface area contributed by atoms with E-state index >= 15 is 0 Å². The third-order valence-corrected chi connectivity index (χ3v) is 12.8. The summed E-state index contributed by atoms with van der Waals surface area (Å²) >= 11 is 0. The van der Waals surface area contributed by atoms with Gasteiger partial charge in [-0.2, -0.15) is 0 Å². The Morgan fingerprint density at radius 3 is 1.95 bits per heavy atom. The molecule has 0 atom stereocenters. The lowest BCUT2D eigenvalue weighted by molar-refractivity contribution is 0.476. The van der Waals surface area contributed by atoms with Gasteiger partial charge in [0.2, 0.25) is 0 Å². The Balaban J connectivity index is 1.21. The van der Waals surface area contributed by atoms with Crippen molar-refractivity contribution in [2.24, 2.45) is 7.05 Å². The van der Waals surface area contributed by atoms with E-state index in [0.29, 0.717) is 11.4 Å². The highest BCUT2D eigenvalue weighted by Gasteiger charge is 2.24. The molecule has 0 saturated carbocycles. The Kier molecular flexibility index (Phi) is 9.75. The van der Waals surface area contributed by atoms with Crippen LogP contribution < -0.4 is 0 Å². The second kappa shape index (κ2) is 15.4. The van der Waals surface area contributed by atoms with Gasteiger partial charge in [0.1, 0.15) is 11.6 Å². The van der Waals surface area contributed by atoms with Crippen molar-refractivity contribution >= 4 is 39.0 Å². The standard InChI is InChI=1S/C59H52N4O/c1-9-63-52-21-15-13-19-46(52)50-32-38(23-26-53(50)63)39-27-28-60-51(34-39)42-29-40(30-44(31-42)59(5,6)7)49-33-41(35-54-56(49)61-57(62(54)8)47-20-14-16-22-55(47)64)48-36-43(58(2,3)4)24-25-45(48)37-17-11-10-12-18-37/h9-36,64H,1H2,2-8H3. The molecule has 5 nitrogen and oxygen atoms in total. The number of fused-ring (bicyclic) bond motifs is 4. The minimum Gasteiger partial charge on any atom is -0.507 e. The van der Waals surface area contributed by atoms with Gasteiger partial charge in [0.15, 0.2) is 0 Å². The third-order valence-electron chi connectivity index (χ3n) is 12.8. The molecule has 0 unspecified atom stereocenters. The fourth-order valence-electron chi connectivity index (χ4n) is 9.20. The third kappa shape index (κ3) is 7.07. The number of rotatable bonds is 7. The molecule has 3 aromatic heterocycles. The maximum absolute atomic E-state index is 11.1.